The van der Waals surface area contributed by atoms with E-state index in [4.69, 9.17) is 0 Å². The first kappa shape index (κ1) is 16.3. The number of rotatable bonds is 3. The third-order valence-corrected chi connectivity index (χ3v) is 2.24. The molecule has 0 bridgehead atoms. The number of alkyl halides is 3. The molecule has 0 fully saturated rings. The summed E-state index contributed by atoms with van der Waals surface area (Å²) in [6, 6.07) is 2.50. The molecule has 0 aliphatic carbocycles. The predicted molar refractivity (Wildman–Crippen MR) is 67.8 cm³/mol. The van der Waals surface area contributed by atoms with Crippen molar-refractivity contribution in [3.05, 3.63) is 29.6 Å². The van der Waals surface area contributed by atoms with Gasteiger partial charge in [-0.1, -0.05) is 0 Å². The minimum atomic E-state index is -4.77. The molecule has 0 aromatic heterocycles. The highest BCUT2D eigenvalue weighted by molar-refractivity contribution is 5.81. The van der Waals surface area contributed by atoms with Gasteiger partial charge in [0.1, 0.15) is 5.82 Å². The highest BCUT2D eigenvalue weighted by Gasteiger charge is 2.34. The summed E-state index contributed by atoms with van der Waals surface area (Å²) in [5, 5.41) is 5.18. The zero-order valence-corrected chi connectivity index (χ0v) is 11.4. The molecule has 1 rings (SSSR count). The lowest BCUT2D eigenvalue weighted by atomic mass is 10.1. The van der Waals surface area contributed by atoms with Crippen LogP contribution in [-0.4, -0.2) is 18.0 Å². The maximum absolute atomic E-state index is 13.1. The quantitative estimate of drug-likeness (QED) is 0.840. The molecule has 0 saturated carbocycles. The molecule has 0 heterocycles. The second-order valence-corrected chi connectivity index (χ2v) is 5.34. The Morgan fingerprint density at radius 1 is 1.20 bits per heavy atom. The number of anilines is 1. The van der Waals surface area contributed by atoms with Gasteiger partial charge in [-0.25, -0.2) is 4.39 Å². The molecule has 112 valence electrons. The average molecular weight is 292 g/mol. The Morgan fingerprint density at radius 2 is 1.80 bits per heavy atom. The largest absolute Gasteiger partial charge is 0.419 e. The molecule has 0 unspecified atom stereocenters. The van der Waals surface area contributed by atoms with Crippen LogP contribution in [0, 0.1) is 5.82 Å². The van der Waals surface area contributed by atoms with Gasteiger partial charge in [0.2, 0.25) is 5.91 Å². The van der Waals surface area contributed by atoms with Crippen molar-refractivity contribution in [2.45, 2.75) is 32.5 Å². The standard InChI is InChI=1S/C13H16F4N2O/c1-12(2,3)19-11(20)7-18-8-4-5-10(14)9(6-8)13(15,16)17/h4-6,18H,7H2,1-3H3,(H,19,20). The van der Waals surface area contributed by atoms with Gasteiger partial charge in [-0.05, 0) is 39.0 Å². The van der Waals surface area contributed by atoms with E-state index in [1.807, 2.05) is 0 Å². The van der Waals surface area contributed by atoms with Crippen LogP contribution in [0.2, 0.25) is 0 Å². The molecule has 0 saturated heterocycles. The minimum absolute atomic E-state index is 0.0304. The molecule has 0 atom stereocenters. The van der Waals surface area contributed by atoms with Crippen molar-refractivity contribution in [3.63, 3.8) is 0 Å². The maximum Gasteiger partial charge on any atom is 0.419 e. The Bertz CT molecular complexity index is 492. The summed E-state index contributed by atoms with van der Waals surface area (Å²) >= 11 is 0. The van der Waals surface area contributed by atoms with Crippen LogP contribution in [0.4, 0.5) is 23.2 Å². The van der Waals surface area contributed by atoms with Gasteiger partial charge in [-0.3, -0.25) is 4.79 Å². The van der Waals surface area contributed by atoms with E-state index < -0.39 is 23.1 Å². The smallest absolute Gasteiger partial charge is 0.376 e. The molecular weight excluding hydrogens is 276 g/mol. The summed E-state index contributed by atoms with van der Waals surface area (Å²) in [4.78, 5) is 11.5. The first-order valence-electron chi connectivity index (χ1n) is 5.91. The number of hydrogen-bond donors (Lipinski definition) is 2. The Balaban J connectivity index is 2.73. The number of amides is 1. The van der Waals surface area contributed by atoms with Crippen LogP contribution in [0.15, 0.2) is 18.2 Å². The molecule has 7 heteroatoms. The maximum atomic E-state index is 13.1. The lowest BCUT2D eigenvalue weighted by Crippen LogP contribution is -2.43. The van der Waals surface area contributed by atoms with Crippen LogP contribution in [0.25, 0.3) is 0 Å². The number of carbonyl (C=O) groups is 1. The number of halogens is 4. The van der Waals surface area contributed by atoms with Gasteiger partial charge in [-0.15, -0.1) is 0 Å². The van der Waals surface area contributed by atoms with E-state index in [-0.39, 0.29) is 18.1 Å². The van der Waals surface area contributed by atoms with Crippen molar-refractivity contribution in [2.75, 3.05) is 11.9 Å². The first-order chi connectivity index (χ1) is 8.99. The van der Waals surface area contributed by atoms with Crippen LogP contribution in [-0.2, 0) is 11.0 Å². The summed E-state index contributed by atoms with van der Waals surface area (Å²) in [6.45, 7) is 5.15. The second-order valence-electron chi connectivity index (χ2n) is 5.34. The molecule has 0 spiro atoms. The van der Waals surface area contributed by atoms with Gasteiger partial charge >= 0.3 is 6.18 Å². The minimum Gasteiger partial charge on any atom is -0.376 e. The number of hydrogen-bond acceptors (Lipinski definition) is 2. The average Bonchev–Trinajstić information content (AvgIpc) is 2.24. The molecule has 2 N–H and O–H groups in total. The van der Waals surface area contributed by atoms with E-state index in [0.29, 0.717) is 12.1 Å². The van der Waals surface area contributed by atoms with Gasteiger partial charge in [0.05, 0.1) is 12.1 Å². The van der Waals surface area contributed by atoms with Crippen molar-refractivity contribution in [2.24, 2.45) is 0 Å². The topological polar surface area (TPSA) is 41.1 Å². The van der Waals surface area contributed by atoms with E-state index in [1.54, 1.807) is 20.8 Å². The van der Waals surface area contributed by atoms with E-state index in [0.717, 1.165) is 6.07 Å². The molecule has 1 aromatic rings. The fourth-order valence-corrected chi connectivity index (χ4v) is 1.50. The summed E-state index contributed by atoms with van der Waals surface area (Å²) in [7, 11) is 0. The van der Waals surface area contributed by atoms with Crippen LogP contribution >= 0.6 is 0 Å². The molecule has 0 aliphatic rings. The SMILES string of the molecule is CC(C)(C)NC(=O)CNc1ccc(F)c(C(F)(F)F)c1. The van der Waals surface area contributed by atoms with Crippen molar-refractivity contribution in [1.29, 1.82) is 0 Å². The van der Waals surface area contributed by atoms with Crippen LogP contribution in [0.5, 0.6) is 0 Å². The van der Waals surface area contributed by atoms with Gasteiger partial charge in [0.25, 0.3) is 0 Å². The van der Waals surface area contributed by atoms with E-state index in [1.165, 1.54) is 0 Å². The molecule has 0 radical (unpaired) electrons. The van der Waals surface area contributed by atoms with Crippen molar-refractivity contribution < 1.29 is 22.4 Å². The highest BCUT2D eigenvalue weighted by atomic mass is 19.4. The predicted octanol–water partition coefficient (Wildman–Crippen LogP) is 3.17. The fourth-order valence-electron chi connectivity index (χ4n) is 1.50. The molecule has 1 amide bonds. The first-order valence-corrected chi connectivity index (χ1v) is 5.91. The van der Waals surface area contributed by atoms with E-state index in [9.17, 15) is 22.4 Å². The van der Waals surface area contributed by atoms with Crippen molar-refractivity contribution in [3.8, 4) is 0 Å². The number of carbonyl (C=O) groups excluding carboxylic acids is 1. The Morgan fingerprint density at radius 3 is 2.30 bits per heavy atom. The Kier molecular flexibility index (Phi) is 4.62. The zero-order chi connectivity index (χ0) is 15.6. The fraction of sp³-hybridized carbons (Fsp3) is 0.462. The Labute approximate surface area is 114 Å². The van der Waals surface area contributed by atoms with Crippen molar-refractivity contribution >= 4 is 11.6 Å². The summed E-state index contributed by atoms with van der Waals surface area (Å²) < 4.78 is 50.6. The van der Waals surface area contributed by atoms with Crippen LogP contribution < -0.4 is 10.6 Å². The zero-order valence-electron chi connectivity index (χ0n) is 11.4. The van der Waals surface area contributed by atoms with Crippen LogP contribution in [0.1, 0.15) is 26.3 Å². The molecule has 3 nitrogen and oxygen atoms in total. The summed E-state index contributed by atoms with van der Waals surface area (Å²) in [5.74, 6) is -1.71. The van der Waals surface area contributed by atoms with E-state index >= 15 is 0 Å². The number of benzene rings is 1. The van der Waals surface area contributed by atoms with Gasteiger partial charge < -0.3 is 10.6 Å². The second kappa shape index (κ2) is 5.68. The molecule has 20 heavy (non-hydrogen) atoms. The van der Waals surface area contributed by atoms with Gasteiger partial charge in [-0.2, -0.15) is 13.2 Å². The van der Waals surface area contributed by atoms with Crippen LogP contribution in [0.3, 0.4) is 0 Å². The lowest BCUT2D eigenvalue weighted by molar-refractivity contribution is -0.139. The summed E-state index contributed by atoms with van der Waals surface area (Å²) in [6.07, 6.45) is -4.77. The third kappa shape index (κ3) is 5.07. The highest BCUT2D eigenvalue weighted by Crippen LogP contribution is 2.32. The molecule has 1 aromatic carbocycles. The van der Waals surface area contributed by atoms with Gasteiger partial charge in [0, 0.05) is 11.2 Å². The molecule has 0 aliphatic heterocycles. The van der Waals surface area contributed by atoms with Gasteiger partial charge in [0.15, 0.2) is 0 Å². The van der Waals surface area contributed by atoms with E-state index in [2.05, 4.69) is 10.6 Å². The number of nitrogens with one attached hydrogen (secondary N) is 2. The normalized spacial score (nSPS) is 12.2. The molecular formula is C13H16F4N2O. The third-order valence-electron chi connectivity index (χ3n) is 2.24. The lowest BCUT2D eigenvalue weighted by Gasteiger charge is -2.20. The summed E-state index contributed by atoms with van der Waals surface area (Å²) in [5.41, 5.74) is -1.76. The monoisotopic (exact) mass is 292 g/mol. The Hall–Kier alpha value is -1.79. The van der Waals surface area contributed by atoms with Crippen molar-refractivity contribution in [1.82, 2.24) is 5.32 Å².